The first-order valence-corrected chi connectivity index (χ1v) is 28.2. The molecular formula is C56H103NO7P+. The molecule has 1 N–H and O–H groups in total. The predicted molar refractivity (Wildman–Crippen MR) is 279 cm³/mol. The second kappa shape index (κ2) is 48.4. The Morgan fingerprint density at radius 2 is 0.892 bits per heavy atom. The van der Waals surface area contributed by atoms with Gasteiger partial charge in [0.2, 0.25) is 0 Å². The van der Waals surface area contributed by atoms with Gasteiger partial charge in [-0.3, -0.25) is 13.8 Å². The van der Waals surface area contributed by atoms with E-state index in [1.807, 2.05) is 21.1 Å². The second-order valence-electron chi connectivity index (χ2n) is 18.9. The quantitative estimate of drug-likeness (QED) is 0.0214. The minimum Gasteiger partial charge on any atom is -0.457 e. The van der Waals surface area contributed by atoms with Gasteiger partial charge in [-0.05, 0) is 83.5 Å². The summed E-state index contributed by atoms with van der Waals surface area (Å²) >= 11 is 0. The second-order valence-corrected chi connectivity index (χ2v) is 20.3. The monoisotopic (exact) mass is 933 g/mol. The number of nitrogens with zero attached hydrogens (tertiary/aromatic N) is 1. The molecule has 0 radical (unpaired) electrons. The molecule has 378 valence electrons. The zero-order valence-corrected chi connectivity index (χ0v) is 43.9. The smallest absolute Gasteiger partial charge is 0.457 e. The normalized spacial score (nSPS) is 14.1. The van der Waals surface area contributed by atoms with Crippen LogP contribution < -0.4 is 0 Å². The van der Waals surface area contributed by atoms with Crippen molar-refractivity contribution >= 4 is 13.8 Å². The number of esters is 1. The molecule has 0 aliphatic carbocycles. The minimum absolute atomic E-state index is 0.0845. The lowest BCUT2D eigenvalue weighted by Crippen LogP contribution is -2.37. The number of rotatable bonds is 49. The number of allylic oxidation sites excluding steroid dienone is 12. The van der Waals surface area contributed by atoms with Gasteiger partial charge in [-0.1, -0.05) is 202 Å². The fourth-order valence-electron chi connectivity index (χ4n) is 7.16. The van der Waals surface area contributed by atoms with E-state index < -0.39 is 13.9 Å². The molecule has 0 amide bonds. The van der Waals surface area contributed by atoms with Crippen LogP contribution in [0.25, 0.3) is 0 Å². The third kappa shape index (κ3) is 52.8. The molecule has 2 atom stereocenters. The highest BCUT2D eigenvalue weighted by Gasteiger charge is 2.26. The van der Waals surface area contributed by atoms with Crippen LogP contribution in [0.3, 0.4) is 0 Å². The molecule has 65 heavy (non-hydrogen) atoms. The molecular weight excluding hydrogens is 830 g/mol. The third-order valence-corrected chi connectivity index (χ3v) is 12.2. The summed E-state index contributed by atoms with van der Waals surface area (Å²) in [6.07, 6.45) is 63.8. The Kier molecular flexibility index (Phi) is 46.9. The first-order chi connectivity index (χ1) is 31.6. The molecule has 0 fully saturated rings. The number of hydrogen-bond acceptors (Lipinski definition) is 6. The van der Waals surface area contributed by atoms with Gasteiger partial charge in [0.1, 0.15) is 19.3 Å². The zero-order valence-electron chi connectivity index (χ0n) is 43.0. The Balaban J connectivity index is 4.13. The lowest BCUT2D eigenvalue weighted by Gasteiger charge is -2.24. The van der Waals surface area contributed by atoms with Crippen LogP contribution in [0.4, 0.5) is 0 Å². The van der Waals surface area contributed by atoms with Crippen LogP contribution >= 0.6 is 7.82 Å². The molecule has 2 unspecified atom stereocenters. The highest BCUT2D eigenvalue weighted by molar-refractivity contribution is 7.47. The molecule has 0 aliphatic rings. The van der Waals surface area contributed by atoms with E-state index in [2.05, 4.69) is 86.8 Å². The van der Waals surface area contributed by atoms with Gasteiger partial charge in [0.25, 0.3) is 0 Å². The van der Waals surface area contributed by atoms with Crippen molar-refractivity contribution in [1.29, 1.82) is 0 Å². The number of carbonyl (C=O) groups excluding carboxylic acids is 1. The largest absolute Gasteiger partial charge is 0.472 e. The average molecular weight is 933 g/mol. The molecule has 0 aromatic rings. The zero-order chi connectivity index (χ0) is 47.6. The van der Waals surface area contributed by atoms with Crippen LogP contribution in [0.2, 0.25) is 0 Å². The standard InChI is InChI=1S/C56H102NO7P/c1-6-8-10-12-14-16-18-20-22-24-26-27-28-29-30-32-34-36-38-40-42-44-46-48-51-61-53-55(54-63-65(59,60)62-52-50-57(3,4)5)64-56(58)49-47-45-43-41-39-37-35-33-31-25-23-21-19-17-15-13-11-9-7-2/h8,10,14-17,20-23,26-27,55H,6-7,9,11-13,18-19,24-25,28-54H2,1-5H3/p+1/b10-8-,16-14-,17-15-,22-20-,23-21-,27-26-. The first kappa shape index (κ1) is 62.9. The van der Waals surface area contributed by atoms with E-state index in [4.69, 9.17) is 18.5 Å². The summed E-state index contributed by atoms with van der Waals surface area (Å²) in [6.45, 7) is 5.49. The van der Waals surface area contributed by atoms with Crippen LogP contribution in [-0.4, -0.2) is 75.6 Å². The van der Waals surface area contributed by atoms with Crippen molar-refractivity contribution in [1.82, 2.24) is 0 Å². The van der Waals surface area contributed by atoms with Crippen LogP contribution in [0.1, 0.15) is 219 Å². The van der Waals surface area contributed by atoms with Gasteiger partial charge in [0.05, 0.1) is 34.4 Å². The van der Waals surface area contributed by atoms with E-state index in [0.717, 1.165) is 64.2 Å². The van der Waals surface area contributed by atoms with Gasteiger partial charge >= 0.3 is 13.8 Å². The number of quaternary nitrogens is 1. The molecule has 0 aromatic carbocycles. The number of ether oxygens (including phenoxy) is 2. The Morgan fingerprint density at radius 1 is 0.492 bits per heavy atom. The number of unbranched alkanes of at least 4 members (excludes halogenated alkanes) is 23. The molecule has 9 heteroatoms. The van der Waals surface area contributed by atoms with E-state index in [1.54, 1.807) is 0 Å². The Morgan fingerprint density at radius 3 is 1.34 bits per heavy atom. The molecule has 0 aliphatic heterocycles. The van der Waals surface area contributed by atoms with E-state index in [1.165, 1.54) is 135 Å². The molecule has 0 saturated heterocycles. The van der Waals surface area contributed by atoms with Crippen molar-refractivity contribution in [3.63, 3.8) is 0 Å². The lowest BCUT2D eigenvalue weighted by atomic mass is 10.1. The molecule has 0 spiro atoms. The first-order valence-electron chi connectivity index (χ1n) is 26.7. The highest BCUT2D eigenvalue weighted by Crippen LogP contribution is 2.43. The fraction of sp³-hybridized carbons (Fsp3) is 0.768. The summed E-state index contributed by atoms with van der Waals surface area (Å²) in [5.41, 5.74) is 0. The summed E-state index contributed by atoms with van der Waals surface area (Å²) in [4.78, 5) is 23.0. The number of hydrogen-bond donors (Lipinski definition) is 1. The van der Waals surface area contributed by atoms with Gasteiger partial charge in [-0.15, -0.1) is 0 Å². The van der Waals surface area contributed by atoms with Crippen molar-refractivity contribution in [2.75, 3.05) is 54.1 Å². The number of phosphoric ester groups is 1. The predicted octanol–water partition coefficient (Wildman–Crippen LogP) is 16.6. The van der Waals surface area contributed by atoms with Crippen molar-refractivity contribution < 1.29 is 37.3 Å². The van der Waals surface area contributed by atoms with Crippen molar-refractivity contribution in [3.05, 3.63) is 72.9 Å². The molecule has 0 aromatic heterocycles. The summed E-state index contributed by atoms with van der Waals surface area (Å²) < 4.78 is 35.2. The Hall–Kier alpha value is -2.06. The maximum Gasteiger partial charge on any atom is 0.472 e. The van der Waals surface area contributed by atoms with E-state index >= 15 is 0 Å². The molecule has 0 heterocycles. The van der Waals surface area contributed by atoms with E-state index in [9.17, 15) is 14.3 Å². The lowest BCUT2D eigenvalue weighted by molar-refractivity contribution is -0.870. The van der Waals surface area contributed by atoms with Crippen LogP contribution in [0, 0.1) is 0 Å². The summed E-state index contributed by atoms with van der Waals surface area (Å²) in [5.74, 6) is -0.320. The Labute approximate surface area is 402 Å². The Bertz CT molecular complexity index is 1270. The van der Waals surface area contributed by atoms with E-state index in [0.29, 0.717) is 24.1 Å². The van der Waals surface area contributed by atoms with Gasteiger partial charge in [-0.2, -0.15) is 0 Å². The van der Waals surface area contributed by atoms with Crippen LogP contribution in [0.5, 0.6) is 0 Å². The summed E-state index contributed by atoms with van der Waals surface area (Å²) in [7, 11) is 1.66. The number of phosphoric acid groups is 1. The van der Waals surface area contributed by atoms with Gasteiger partial charge in [0.15, 0.2) is 0 Å². The summed E-state index contributed by atoms with van der Waals surface area (Å²) in [5, 5.41) is 0. The van der Waals surface area contributed by atoms with Crippen molar-refractivity contribution in [2.24, 2.45) is 0 Å². The molecule has 8 nitrogen and oxygen atoms in total. The fourth-order valence-corrected chi connectivity index (χ4v) is 7.90. The van der Waals surface area contributed by atoms with Crippen LogP contribution in [0.15, 0.2) is 72.9 Å². The van der Waals surface area contributed by atoms with Crippen LogP contribution in [-0.2, 0) is 27.9 Å². The van der Waals surface area contributed by atoms with Gasteiger partial charge in [-0.25, -0.2) is 4.57 Å². The number of likely N-dealkylation sites (N-methyl/N-ethyl adjacent to an activating group) is 1. The van der Waals surface area contributed by atoms with Gasteiger partial charge in [0, 0.05) is 13.0 Å². The van der Waals surface area contributed by atoms with Crippen molar-refractivity contribution in [3.8, 4) is 0 Å². The average Bonchev–Trinajstić information content (AvgIpc) is 3.27. The highest BCUT2D eigenvalue weighted by atomic mass is 31.2. The van der Waals surface area contributed by atoms with Crippen molar-refractivity contribution in [2.45, 2.75) is 225 Å². The number of carbonyl (C=O) groups is 1. The van der Waals surface area contributed by atoms with E-state index in [-0.39, 0.29) is 25.8 Å². The SMILES string of the molecule is CC/C=C\C/C=C\C/C=C\C/C=C\CCCCCCCCCCCCCOCC(COP(=O)(O)OCC[N+](C)(C)C)OC(=O)CCCCCCCCCCC/C=C\C/C=C\CCCCC. The molecule has 0 rings (SSSR count). The molecule has 0 saturated carbocycles. The molecule has 0 bridgehead atoms. The topological polar surface area (TPSA) is 91.3 Å². The third-order valence-electron chi connectivity index (χ3n) is 11.3. The summed E-state index contributed by atoms with van der Waals surface area (Å²) in [6, 6.07) is 0. The maximum absolute atomic E-state index is 12.8. The minimum atomic E-state index is -4.29. The van der Waals surface area contributed by atoms with Gasteiger partial charge < -0.3 is 18.9 Å². The maximum atomic E-state index is 12.8.